The highest BCUT2D eigenvalue weighted by Crippen LogP contribution is 2.29. The maximum Gasteiger partial charge on any atom is 0.272 e. The zero-order valence-corrected chi connectivity index (χ0v) is 16.1. The molecule has 3 heterocycles. The molecule has 0 bridgehead atoms. The van der Waals surface area contributed by atoms with Gasteiger partial charge in [-0.2, -0.15) is 5.10 Å². The summed E-state index contributed by atoms with van der Waals surface area (Å²) in [6.07, 6.45) is 8.39. The number of ether oxygens (including phenoxy) is 1. The Morgan fingerprint density at radius 2 is 2.19 bits per heavy atom. The molecule has 4 rings (SSSR count). The van der Waals surface area contributed by atoms with Gasteiger partial charge >= 0.3 is 0 Å². The van der Waals surface area contributed by atoms with Crippen LogP contribution in [0.5, 0.6) is 5.88 Å². The largest absolute Gasteiger partial charge is 0.477 e. The van der Waals surface area contributed by atoms with Crippen molar-refractivity contribution in [2.75, 3.05) is 19.7 Å². The zero-order valence-electron chi connectivity index (χ0n) is 15.3. The van der Waals surface area contributed by atoms with E-state index in [1.54, 1.807) is 12.3 Å². The van der Waals surface area contributed by atoms with Crippen molar-refractivity contribution in [2.45, 2.75) is 38.3 Å². The molecule has 0 spiro atoms. The minimum atomic E-state index is -0.165. The molecule has 2 aromatic heterocycles. The third kappa shape index (κ3) is 5.43. The third-order valence-corrected chi connectivity index (χ3v) is 4.90. The first-order valence-corrected chi connectivity index (χ1v) is 9.40. The standard InChI is InChI=1S/C19H25N5O2.ClH/c25-19(17-7-9-24(23-17)16-2-1-8-20-12-16)22-11-15-5-6-18(21-10-15)26-13-14-3-4-14;/h5-7,9-10,14,16,20H,1-4,8,11-13H2,(H,22,25);1H. The molecule has 1 unspecified atom stereocenters. The van der Waals surface area contributed by atoms with Gasteiger partial charge in [0.15, 0.2) is 0 Å². The van der Waals surface area contributed by atoms with Crippen LogP contribution < -0.4 is 15.4 Å². The van der Waals surface area contributed by atoms with Gasteiger partial charge in [-0.3, -0.25) is 9.48 Å². The number of pyridine rings is 1. The van der Waals surface area contributed by atoms with E-state index in [0.29, 0.717) is 30.1 Å². The SMILES string of the molecule is Cl.O=C(NCc1ccc(OCC2CC2)nc1)c1ccn(C2CCCNC2)n1. The van der Waals surface area contributed by atoms with Gasteiger partial charge in [-0.25, -0.2) is 4.98 Å². The summed E-state index contributed by atoms with van der Waals surface area (Å²) < 4.78 is 7.52. The maximum atomic E-state index is 12.3. The van der Waals surface area contributed by atoms with Crippen molar-refractivity contribution in [1.82, 2.24) is 25.4 Å². The molecule has 1 aliphatic heterocycles. The topological polar surface area (TPSA) is 81.1 Å². The van der Waals surface area contributed by atoms with E-state index in [0.717, 1.165) is 38.1 Å². The second-order valence-electron chi connectivity index (χ2n) is 7.12. The number of aromatic nitrogens is 3. The monoisotopic (exact) mass is 391 g/mol. The Bertz CT molecular complexity index is 739. The van der Waals surface area contributed by atoms with Gasteiger partial charge in [0.2, 0.25) is 5.88 Å². The van der Waals surface area contributed by atoms with Crippen molar-refractivity contribution in [2.24, 2.45) is 5.92 Å². The van der Waals surface area contributed by atoms with Crippen molar-refractivity contribution in [3.63, 3.8) is 0 Å². The fraction of sp³-hybridized carbons (Fsp3) is 0.526. The molecule has 1 aliphatic carbocycles. The first kappa shape index (κ1) is 19.6. The molecule has 1 amide bonds. The molecule has 0 aromatic carbocycles. The summed E-state index contributed by atoms with van der Waals surface area (Å²) in [5.41, 5.74) is 1.39. The van der Waals surface area contributed by atoms with Crippen molar-refractivity contribution >= 4 is 18.3 Å². The molecule has 2 N–H and O–H groups in total. The van der Waals surface area contributed by atoms with Crippen LogP contribution in [0.15, 0.2) is 30.6 Å². The first-order valence-electron chi connectivity index (χ1n) is 9.40. The molecular weight excluding hydrogens is 366 g/mol. The van der Waals surface area contributed by atoms with Gasteiger partial charge in [0.05, 0.1) is 12.6 Å². The van der Waals surface area contributed by atoms with E-state index >= 15 is 0 Å². The first-order chi connectivity index (χ1) is 12.8. The number of nitrogens with zero attached hydrogens (tertiary/aromatic N) is 3. The Hall–Kier alpha value is -2.12. The van der Waals surface area contributed by atoms with Gasteiger partial charge in [-0.1, -0.05) is 6.07 Å². The summed E-state index contributed by atoms with van der Waals surface area (Å²) in [5.74, 6) is 1.19. The molecule has 1 atom stereocenters. The number of rotatable bonds is 7. The van der Waals surface area contributed by atoms with Crippen LogP contribution in [0.25, 0.3) is 0 Å². The molecule has 8 heteroatoms. The lowest BCUT2D eigenvalue weighted by Crippen LogP contribution is -2.32. The highest BCUT2D eigenvalue weighted by atomic mass is 35.5. The van der Waals surface area contributed by atoms with Gasteiger partial charge < -0.3 is 15.4 Å². The second-order valence-corrected chi connectivity index (χ2v) is 7.12. The van der Waals surface area contributed by atoms with Crippen LogP contribution in [-0.4, -0.2) is 40.4 Å². The van der Waals surface area contributed by atoms with Crippen molar-refractivity contribution in [3.05, 3.63) is 41.9 Å². The van der Waals surface area contributed by atoms with Crippen LogP contribution in [0.3, 0.4) is 0 Å². The molecule has 1 saturated heterocycles. The van der Waals surface area contributed by atoms with Gasteiger partial charge in [0.25, 0.3) is 5.91 Å². The molecular formula is C19H26ClN5O2. The van der Waals surface area contributed by atoms with Crippen molar-refractivity contribution in [1.29, 1.82) is 0 Å². The lowest BCUT2D eigenvalue weighted by Gasteiger charge is -2.22. The molecule has 2 aliphatic rings. The van der Waals surface area contributed by atoms with Crippen LogP contribution >= 0.6 is 12.4 Å². The van der Waals surface area contributed by atoms with E-state index in [2.05, 4.69) is 20.7 Å². The summed E-state index contributed by atoms with van der Waals surface area (Å²) >= 11 is 0. The fourth-order valence-electron chi connectivity index (χ4n) is 3.08. The predicted molar refractivity (Wildman–Crippen MR) is 104 cm³/mol. The molecule has 0 radical (unpaired) electrons. The lowest BCUT2D eigenvalue weighted by molar-refractivity contribution is 0.0944. The molecule has 2 fully saturated rings. The fourth-order valence-corrected chi connectivity index (χ4v) is 3.08. The Balaban J connectivity index is 0.00000210. The van der Waals surface area contributed by atoms with E-state index in [1.807, 2.05) is 23.0 Å². The number of amides is 1. The Labute approximate surface area is 165 Å². The zero-order chi connectivity index (χ0) is 17.8. The van der Waals surface area contributed by atoms with Gasteiger partial charge in [0, 0.05) is 31.5 Å². The molecule has 27 heavy (non-hydrogen) atoms. The number of halogens is 1. The van der Waals surface area contributed by atoms with E-state index in [-0.39, 0.29) is 18.3 Å². The van der Waals surface area contributed by atoms with Gasteiger partial charge in [-0.15, -0.1) is 12.4 Å². The van der Waals surface area contributed by atoms with Crippen molar-refractivity contribution < 1.29 is 9.53 Å². The van der Waals surface area contributed by atoms with E-state index in [1.165, 1.54) is 12.8 Å². The quantitative estimate of drug-likeness (QED) is 0.757. The lowest BCUT2D eigenvalue weighted by atomic mass is 10.1. The summed E-state index contributed by atoms with van der Waals surface area (Å²) in [6, 6.07) is 5.89. The average molecular weight is 392 g/mol. The van der Waals surface area contributed by atoms with Crippen LogP contribution in [0.2, 0.25) is 0 Å². The second kappa shape index (κ2) is 9.19. The molecule has 2 aromatic rings. The number of hydrogen-bond donors (Lipinski definition) is 2. The van der Waals surface area contributed by atoms with Crippen LogP contribution in [0, 0.1) is 5.92 Å². The smallest absolute Gasteiger partial charge is 0.272 e. The summed E-state index contributed by atoms with van der Waals surface area (Å²) in [5, 5.41) is 10.7. The molecule has 7 nitrogen and oxygen atoms in total. The highest BCUT2D eigenvalue weighted by molar-refractivity contribution is 5.92. The molecule has 146 valence electrons. The van der Waals surface area contributed by atoms with Crippen molar-refractivity contribution in [3.8, 4) is 5.88 Å². The normalized spacial score (nSPS) is 19.2. The van der Waals surface area contributed by atoms with E-state index < -0.39 is 0 Å². The summed E-state index contributed by atoms with van der Waals surface area (Å²) in [7, 11) is 0. The average Bonchev–Trinajstić information content (AvgIpc) is 3.39. The third-order valence-electron chi connectivity index (χ3n) is 4.90. The van der Waals surface area contributed by atoms with E-state index in [9.17, 15) is 4.79 Å². The highest BCUT2D eigenvalue weighted by Gasteiger charge is 2.22. The number of nitrogens with one attached hydrogen (secondary N) is 2. The van der Waals surface area contributed by atoms with Crippen LogP contribution in [0.1, 0.15) is 47.8 Å². The Morgan fingerprint density at radius 1 is 1.30 bits per heavy atom. The predicted octanol–water partition coefficient (Wildman–Crippen LogP) is 2.34. The number of carbonyl (C=O) groups is 1. The number of hydrogen-bond acceptors (Lipinski definition) is 5. The molecule has 1 saturated carbocycles. The summed E-state index contributed by atoms with van der Waals surface area (Å²) in [4.78, 5) is 16.6. The van der Waals surface area contributed by atoms with Gasteiger partial charge in [0.1, 0.15) is 5.69 Å². The van der Waals surface area contributed by atoms with Crippen LogP contribution in [-0.2, 0) is 6.54 Å². The number of piperidine rings is 1. The van der Waals surface area contributed by atoms with Gasteiger partial charge in [-0.05, 0) is 49.8 Å². The number of carbonyl (C=O) groups excluding carboxylic acids is 1. The van der Waals surface area contributed by atoms with Crippen LogP contribution in [0.4, 0.5) is 0 Å². The Kier molecular flexibility index (Phi) is 6.68. The maximum absolute atomic E-state index is 12.3. The van der Waals surface area contributed by atoms with E-state index in [4.69, 9.17) is 4.74 Å². The minimum absolute atomic E-state index is 0. The Morgan fingerprint density at radius 3 is 2.89 bits per heavy atom. The summed E-state index contributed by atoms with van der Waals surface area (Å²) in [6.45, 7) is 3.14. The minimum Gasteiger partial charge on any atom is -0.477 e.